The van der Waals surface area contributed by atoms with E-state index in [0.717, 1.165) is 0 Å². The van der Waals surface area contributed by atoms with Crippen LogP contribution in [0.1, 0.15) is 10.4 Å². The van der Waals surface area contributed by atoms with Gasteiger partial charge in [0.15, 0.2) is 0 Å². The van der Waals surface area contributed by atoms with Crippen LogP contribution >= 0.6 is 0 Å². The Morgan fingerprint density at radius 2 is 1.69 bits per heavy atom. The van der Waals surface area contributed by atoms with Gasteiger partial charge in [-0.3, -0.25) is 19.0 Å². The minimum Gasteiger partial charge on any atom is -0.338 e. The van der Waals surface area contributed by atoms with E-state index in [2.05, 4.69) is 4.98 Å². The summed E-state index contributed by atoms with van der Waals surface area (Å²) >= 11 is 0. The van der Waals surface area contributed by atoms with Crippen molar-refractivity contribution in [1.29, 1.82) is 0 Å². The van der Waals surface area contributed by atoms with Crippen molar-refractivity contribution in [2.75, 3.05) is 26.2 Å². The molecule has 29 heavy (non-hydrogen) atoms. The number of aromatic nitrogens is 2. The average molecular weight is 394 g/mol. The van der Waals surface area contributed by atoms with E-state index in [-0.39, 0.29) is 23.9 Å². The quantitative estimate of drug-likeness (QED) is 0.675. The first kappa shape index (κ1) is 18.8. The van der Waals surface area contributed by atoms with Gasteiger partial charge in [0.05, 0.1) is 17.2 Å². The smallest absolute Gasteiger partial charge is 0.269 e. The lowest BCUT2D eigenvalue weighted by molar-refractivity contribution is -0.133. The second-order valence-electron chi connectivity index (χ2n) is 6.85. The zero-order valence-electron chi connectivity index (χ0n) is 15.6. The zero-order chi connectivity index (χ0) is 20.4. The predicted octanol–water partition coefficient (Wildman–Crippen LogP) is 1.52. The molecule has 0 bridgehead atoms. The lowest BCUT2D eigenvalue weighted by atomic mass is 10.1. The molecule has 2 heterocycles. The van der Waals surface area contributed by atoms with Crippen LogP contribution in [0.4, 0.5) is 4.39 Å². The Bertz CT molecular complexity index is 1140. The number of hydrogen-bond acceptors (Lipinski definition) is 4. The average Bonchev–Trinajstić information content (AvgIpc) is 2.75. The van der Waals surface area contributed by atoms with Crippen LogP contribution in [0.5, 0.6) is 0 Å². The Kier molecular flexibility index (Phi) is 5.07. The first-order valence-electron chi connectivity index (χ1n) is 9.30. The molecule has 0 atom stereocenters. The molecule has 0 unspecified atom stereocenters. The molecule has 1 aromatic heterocycles. The van der Waals surface area contributed by atoms with Crippen molar-refractivity contribution >= 4 is 22.8 Å². The number of para-hydroxylation sites is 2. The lowest BCUT2D eigenvalue weighted by Gasteiger charge is -2.35. The number of nitrogens with zero attached hydrogens (tertiary/aromatic N) is 4. The van der Waals surface area contributed by atoms with Crippen molar-refractivity contribution < 1.29 is 14.0 Å². The highest BCUT2D eigenvalue weighted by Gasteiger charge is 2.25. The minimum atomic E-state index is -0.459. The maximum Gasteiger partial charge on any atom is 0.269 e. The van der Waals surface area contributed by atoms with Crippen molar-refractivity contribution in [2.45, 2.75) is 6.54 Å². The number of halogens is 1. The number of benzene rings is 2. The molecule has 148 valence electrons. The largest absolute Gasteiger partial charge is 0.338 e. The number of hydrogen-bond donors (Lipinski definition) is 0. The number of piperazine rings is 1. The summed E-state index contributed by atoms with van der Waals surface area (Å²) in [7, 11) is 0. The van der Waals surface area contributed by atoms with Gasteiger partial charge in [0.2, 0.25) is 5.91 Å². The highest BCUT2D eigenvalue weighted by molar-refractivity contribution is 5.94. The molecule has 2 aromatic carbocycles. The standard InChI is InChI=1S/C21H19FN4O3/c22-16-5-3-4-15(12-16)21(29)25-10-8-24(9-11-25)20(28)14-26-18-7-2-1-6-17(18)23-13-19(26)27/h1-7,12-13H,8-11,14H2. The van der Waals surface area contributed by atoms with E-state index in [1.807, 2.05) is 6.07 Å². The summed E-state index contributed by atoms with van der Waals surface area (Å²) in [6.45, 7) is 1.34. The van der Waals surface area contributed by atoms with Crippen molar-refractivity contribution in [1.82, 2.24) is 19.4 Å². The van der Waals surface area contributed by atoms with Gasteiger partial charge in [0.25, 0.3) is 11.5 Å². The van der Waals surface area contributed by atoms with E-state index in [9.17, 15) is 18.8 Å². The molecule has 0 radical (unpaired) electrons. The van der Waals surface area contributed by atoms with Gasteiger partial charge in [-0.2, -0.15) is 0 Å². The molecule has 8 heteroatoms. The second kappa shape index (κ2) is 7.83. The van der Waals surface area contributed by atoms with E-state index in [0.29, 0.717) is 42.8 Å². The minimum absolute atomic E-state index is 0.0836. The highest BCUT2D eigenvalue weighted by Crippen LogP contribution is 2.12. The maximum atomic E-state index is 13.4. The third-order valence-corrected chi connectivity index (χ3v) is 5.04. The Hall–Kier alpha value is -3.55. The fourth-order valence-corrected chi connectivity index (χ4v) is 3.48. The summed E-state index contributed by atoms with van der Waals surface area (Å²) in [5.74, 6) is -0.908. The third kappa shape index (κ3) is 3.87. The Morgan fingerprint density at radius 1 is 0.966 bits per heavy atom. The molecule has 0 N–H and O–H groups in total. The topological polar surface area (TPSA) is 75.5 Å². The Balaban J connectivity index is 1.43. The van der Waals surface area contributed by atoms with Crippen LogP contribution in [-0.4, -0.2) is 57.3 Å². The first-order valence-corrected chi connectivity index (χ1v) is 9.30. The van der Waals surface area contributed by atoms with Gasteiger partial charge >= 0.3 is 0 Å². The van der Waals surface area contributed by atoms with E-state index >= 15 is 0 Å². The summed E-state index contributed by atoms with van der Waals surface area (Å²) in [5.41, 5.74) is 1.20. The summed E-state index contributed by atoms with van der Waals surface area (Å²) in [6, 6.07) is 12.7. The number of rotatable bonds is 3. The SMILES string of the molecule is O=C(Cn1c(=O)cnc2ccccc21)N1CCN(C(=O)c2cccc(F)c2)CC1. The molecule has 4 rings (SSSR count). The number of fused-ring (bicyclic) bond motifs is 1. The van der Waals surface area contributed by atoms with Gasteiger partial charge in [-0.1, -0.05) is 18.2 Å². The molecule has 1 fully saturated rings. The van der Waals surface area contributed by atoms with Crippen LogP contribution in [0.2, 0.25) is 0 Å². The van der Waals surface area contributed by atoms with Gasteiger partial charge < -0.3 is 9.80 Å². The predicted molar refractivity (Wildman–Crippen MR) is 105 cm³/mol. The van der Waals surface area contributed by atoms with Crippen LogP contribution in [-0.2, 0) is 11.3 Å². The molecule has 3 aromatic rings. The summed E-state index contributed by atoms with van der Waals surface area (Å²) < 4.78 is 14.8. The third-order valence-electron chi connectivity index (χ3n) is 5.04. The number of carbonyl (C=O) groups is 2. The normalized spacial score (nSPS) is 14.2. The molecule has 2 amide bonds. The monoisotopic (exact) mass is 394 g/mol. The first-order chi connectivity index (χ1) is 14.0. The summed E-state index contributed by atoms with van der Waals surface area (Å²) in [5, 5.41) is 0. The van der Waals surface area contributed by atoms with Gasteiger partial charge in [-0.15, -0.1) is 0 Å². The fraction of sp³-hybridized carbons (Fsp3) is 0.238. The van der Waals surface area contributed by atoms with Gasteiger partial charge in [0, 0.05) is 31.7 Å². The molecule has 0 aliphatic carbocycles. The van der Waals surface area contributed by atoms with Gasteiger partial charge in [-0.05, 0) is 30.3 Å². The maximum absolute atomic E-state index is 13.4. The second-order valence-corrected chi connectivity index (χ2v) is 6.85. The fourth-order valence-electron chi connectivity index (χ4n) is 3.48. The molecule has 0 spiro atoms. The van der Waals surface area contributed by atoms with Crippen LogP contribution in [0, 0.1) is 5.82 Å². The lowest BCUT2D eigenvalue weighted by Crippen LogP contribution is -2.51. The van der Waals surface area contributed by atoms with Crippen LogP contribution in [0.25, 0.3) is 11.0 Å². The molecule has 7 nitrogen and oxygen atoms in total. The van der Waals surface area contributed by atoms with Crippen molar-refractivity contribution in [2.24, 2.45) is 0 Å². The van der Waals surface area contributed by atoms with Gasteiger partial charge in [0.1, 0.15) is 12.4 Å². The van der Waals surface area contributed by atoms with Crippen molar-refractivity contribution in [3.63, 3.8) is 0 Å². The van der Waals surface area contributed by atoms with Crippen LogP contribution < -0.4 is 5.56 Å². The number of carbonyl (C=O) groups excluding carboxylic acids is 2. The zero-order valence-corrected chi connectivity index (χ0v) is 15.6. The van der Waals surface area contributed by atoms with Crippen LogP contribution in [0.3, 0.4) is 0 Å². The molecule has 1 aliphatic rings. The van der Waals surface area contributed by atoms with Crippen LogP contribution in [0.15, 0.2) is 59.5 Å². The van der Waals surface area contributed by atoms with E-state index in [1.54, 1.807) is 34.1 Å². The van der Waals surface area contributed by atoms with Gasteiger partial charge in [-0.25, -0.2) is 9.37 Å². The van der Waals surface area contributed by atoms with E-state index in [1.165, 1.54) is 29.0 Å². The van der Waals surface area contributed by atoms with E-state index < -0.39 is 5.82 Å². The molecular formula is C21H19FN4O3. The Labute approximate surface area is 166 Å². The Morgan fingerprint density at radius 3 is 2.45 bits per heavy atom. The summed E-state index contributed by atoms with van der Waals surface area (Å²) in [4.78, 5) is 44.8. The summed E-state index contributed by atoms with van der Waals surface area (Å²) in [6.07, 6.45) is 1.21. The van der Waals surface area contributed by atoms with E-state index in [4.69, 9.17) is 0 Å². The number of amides is 2. The molecule has 0 saturated carbocycles. The molecular weight excluding hydrogens is 375 g/mol. The molecule has 1 saturated heterocycles. The van der Waals surface area contributed by atoms with Crippen molar-refractivity contribution in [3.05, 3.63) is 76.5 Å². The molecule has 1 aliphatic heterocycles. The highest BCUT2D eigenvalue weighted by atomic mass is 19.1. The van der Waals surface area contributed by atoms with Crippen molar-refractivity contribution in [3.8, 4) is 0 Å².